The van der Waals surface area contributed by atoms with Crippen molar-refractivity contribution in [2.45, 2.75) is 44.3 Å². The summed E-state index contributed by atoms with van der Waals surface area (Å²) in [6.45, 7) is 5.10. The maximum absolute atomic E-state index is 12.8. The van der Waals surface area contributed by atoms with Crippen LogP contribution in [0.15, 0.2) is 42.5 Å². The first kappa shape index (κ1) is 19.0. The normalized spacial score (nSPS) is 20.3. The van der Waals surface area contributed by atoms with E-state index in [1.165, 1.54) is 0 Å². The fourth-order valence-electron chi connectivity index (χ4n) is 4.77. The summed E-state index contributed by atoms with van der Waals surface area (Å²) < 4.78 is 17.6. The smallest absolute Gasteiger partial charge is 0.339 e. The molecule has 2 aromatic rings. The third-order valence-corrected chi connectivity index (χ3v) is 6.26. The molecule has 1 amide bonds. The van der Waals surface area contributed by atoms with Gasteiger partial charge >= 0.3 is 5.97 Å². The van der Waals surface area contributed by atoms with Crippen molar-refractivity contribution in [3.63, 3.8) is 0 Å². The number of hydrogen-bond donors (Lipinski definition) is 0. The van der Waals surface area contributed by atoms with Gasteiger partial charge in [-0.25, -0.2) is 4.79 Å². The van der Waals surface area contributed by atoms with Gasteiger partial charge in [-0.2, -0.15) is 0 Å². The molecule has 3 heterocycles. The highest BCUT2D eigenvalue weighted by Gasteiger charge is 2.47. The van der Waals surface area contributed by atoms with Crippen LogP contribution in [0.4, 0.5) is 0 Å². The predicted octanol–water partition coefficient (Wildman–Crippen LogP) is 3.47. The van der Waals surface area contributed by atoms with Crippen LogP contribution < -0.4 is 9.47 Å². The standard InChI is InChI=1S/C24H25NO5/c1-23(2)14-16-6-5-9-19(21(16)29-23)28-15-20(26)25-12-10-24(11-13-25)18-8-4-3-7-17(18)22(27)30-24/h3-9H,10-15H2,1-2H3. The minimum atomic E-state index is -0.606. The molecule has 156 valence electrons. The lowest BCUT2D eigenvalue weighted by molar-refractivity contribution is -0.137. The molecule has 0 radical (unpaired) electrons. The molecule has 3 aliphatic heterocycles. The molecule has 6 nitrogen and oxygen atoms in total. The Balaban J connectivity index is 1.22. The van der Waals surface area contributed by atoms with Crippen molar-refractivity contribution in [1.82, 2.24) is 4.90 Å². The van der Waals surface area contributed by atoms with E-state index in [0.29, 0.717) is 37.2 Å². The second kappa shape index (κ2) is 6.76. The molecule has 5 rings (SSSR count). The van der Waals surface area contributed by atoms with Crippen LogP contribution in [0.3, 0.4) is 0 Å². The summed E-state index contributed by atoms with van der Waals surface area (Å²) in [4.78, 5) is 26.8. The van der Waals surface area contributed by atoms with E-state index in [1.807, 2.05) is 50.2 Å². The number of benzene rings is 2. The quantitative estimate of drug-likeness (QED) is 0.729. The Morgan fingerprint density at radius 3 is 2.63 bits per heavy atom. The van der Waals surface area contributed by atoms with Crippen molar-refractivity contribution in [1.29, 1.82) is 0 Å². The Bertz CT molecular complexity index is 1020. The monoisotopic (exact) mass is 407 g/mol. The van der Waals surface area contributed by atoms with Gasteiger partial charge in [0.15, 0.2) is 18.1 Å². The Morgan fingerprint density at radius 2 is 1.83 bits per heavy atom. The van der Waals surface area contributed by atoms with Crippen molar-refractivity contribution in [3.8, 4) is 11.5 Å². The van der Waals surface area contributed by atoms with Crippen molar-refractivity contribution < 1.29 is 23.8 Å². The van der Waals surface area contributed by atoms with E-state index in [9.17, 15) is 9.59 Å². The Morgan fingerprint density at radius 1 is 1.07 bits per heavy atom. The molecular weight excluding hydrogens is 382 g/mol. The van der Waals surface area contributed by atoms with Crippen LogP contribution in [-0.2, 0) is 21.6 Å². The number of rotatable bonds is 3. The fraction of sp³-hybridized carbons (Fsp3) is 0.417. The van der Waals surface area contributed by atoms with Crippen molar-refractivity contribution in [2.24, 2.45) is 0 Å². The Labute approximate surface area is 175 Å². The zero-order valence-corrected chi connectivity index (χ0v) is 17.3. The van der Waals surface area contributed by atoms with Crippen LogP contribution in [0.5, 0.6) is 11.5 Å². The zero-order valence-electron chi connectivity index (χ0n) is 17.3. The van der Waals surface area contributed by atoms with Crippen LogP contribution in [0.2, 0.25) is 0 Å². The van der Waals surface area contributed by atoms with E-state index in [4.69, 9.17) is 14.2 Å². The minimum absolute atomic E-state index is 0.0381. The van der Waals surface area contributed by atoms with Crippen LogP contribution in [0.1, 0.15) is 48.2 Å². The molecule has 6 heteroatoms. The first-order chi connectivity index (χ1) is 14.4. The maximum Gasteiger partial charge on any atom is 0.339 e. The number of hydrogen-bond acceptors (Lipinski definition) is 5. The number of nitrogens with zero attached hydrogens (tertiary/aromatic N) is 1. The highest BCUT2D eigenvalue weighted by molar-refractivity contribution is 5.94. The molecule has 1 spiro atoms. The SMILES string of the molecule is CC1(C)Cc2cccc(OCC(=O)N3CCC4(CC3)OC(=O)c3ccccc34)c2O1. The molecule has 0 aliphatic carbocycles. The summed E-state index contributed by atoms with van der Waals surface area (Å²) in [5.41, 5.74) is 1.82. The third-order valence-electron chi connectivity index (χ3n) is 6.26. The number of amides is 1. The van der Waals surface area contributed by atoms with Crippen LogP contribution in [0, 0.1) is 0 Å². The third kappa shape index (κ3) is 3.11. The predicted molar refractivity (Wildman–Crippen MR) is 110 cm³/mol. The van der Waals surface area contributed by atoms with E-state index in [1.54, 1.807) is 11.0 Å². The van der Waals surface area contributed by atoms with Gasteiger partial charge in [0.2, 0.25) is 0 Å². The summed E-state index contributed by atoms with van der Waals surface area (Å²) in [7, 11) is 0. The average Bonchev–Trinajstić information content (AvgIpc) is 3.20. The van der Waals surface area contributed by atoms with Gasteiger partial charge in [0.1, 0.15) is 11.2 Å². The van der Waals surface area contributed by atoms with E-state index in [2.05, 4.69) is 0 Å². The van der Waals surface area contributed by atoms with Gasteiger partial charge in [-0.05, 0) is 26.0 Å². The number of piperidine rings is 1. The largest absolute Gasteiger partial charge is 0.483 e. The molecule has 3 aliphatic rings. The molecule has 0 saturated carbocycles. The summed E-state index contributed by atoms with van der Waals surface area (Å²) in [5, 5.41) is 0. The van der Waals surface area contributed by atoms with Crippen molar-refractivity contribution in [2.75, 3.05) is 19.7 Å². The fourth-order valence-corrected chi connectivity index (χ4v) is 4.77. The number of carbonyl (C=O) groups excluding carboxylic acids is 2. The number of para-hydroxylation sites is 1. The summed E-state index contributed by atoms with van der Waals surface area (Å²) >= 11 is 0. The molecular formula is C24H25NO5. The molecule has 1 fully saturated rings. The van der Waals surface area contributed by atoms with E-state index >= 15 is 0 Å². The first-order valence-corrected chi connectivity index (χ1v) is 10.4. The van der Waals surface area contributed by atoms with E-state index in [-0.39, 0.29) is 24.1 Å². The van der Waals surface area contributed by atoms with Crippen LogP contribution in [-0.4, -0.2) is 42.1 Å². The maximum atomic E-state index is 12.8. The second-order valence-corrected chi connectivity index (χ2v) is 8.88. The van der Waals surface area contributed by atoms with Gasteiger partial charge in [0.25, 0.3) is 5.91 Å². The molecule has 1 saturated heterocycles. The van der Waals surface area contributed by atoms with Gasteiger partial charge in [0, 0.05) is 43.5 Å². The average molecular weight is 407 g/mol. The number of fused-ring (bicyclic) bond motifs is 3. The lowest BCUT2D eigenvalue weighted by atomic mass is 9.84. The molecule has 0 atom stereocenters. The van der Waals surface area contributed by atoms with Crippen molar-refractivity contribution in [3.05, 3.63) is 59.2 Å². The number of ether oxygens (including phenoxy) is 3. The molecule has 0 unspecified atom stereocenters. The Hall–Kier alpha value is -3.02. The van der Waals surface area contributed by atoms with Crippen LogP contribution in [0.25, 0.3) is 0 Å². The van der Waals surface area contributed by atoms with Crippen LogP contribution >= 0.6 is 0 Å². The lowest BCUT2D eigenvalue weighted by Gasteiger charge is -2.38. The van der Waals surface area contributed by atoms with Gasteiger partial charge in [-0.3, -0.25) is 4.79 Å². The molecule has 30 heavy (non-hydrogen) atoms. The zero-order chi connectivity index (χ0) is 20.9. The number of carbonyl (C=O) groups is 2. The number of likely N-dealkylation sites (tertiary alicyclic amines) is 1. The van der Waals surface area contributed by atoms with Gasteiger partial charge < -0.3 is 19.1 Å². The Kier molecular flexibility index (Phi) is 4.27. The molecule has 0 N–H and O–H groups in total. The highest BCUT2D eigenvalue weighted by atomic mass is 16.6. The van der Waals surface area contributed by atoms with Crippen molar-refractivity contribution >= 4 is 11.9 Å². The van der Waals surface area contributed by atoms with Gasteiger partial charge in [-0.15, -0.1) is 0 Å². The number of esters is 1. The summed E-state index contributed by atoms with van der Waals surface area (Å²) in [5.74, 6) is 1.01. The first-order valence-electron chi connectivity index (χ1n) is 10.4. The summed E-state index contributed by atoms with van der Waals surface area (Å²) in [6.07, 6.45) is 2.01. The minimum Gasteiger partial charge on any atom is -0.483 e. The molecule has 0 bridgehead atoms. The van der Waals surface area contributed by atoms with E-state index < -0.39 is 5.60 Å². The second-order valence-electron chi connectivity index (χ2n) is 8.88. The topological polar surface area (TPSA) is 65.1 Å². The summed E-state index contributed by atoms with van der Waals surface area (Å²) in [6, 6.07) is 13.3. The van der Waals surface area contributed by atoms with E-state index in [0.717, 1.165) is 23.3 Å². The van der Waals surface area contributed by atoms with Gasteiger partial charge in [-0.1, -0.05) is 30.3 Å². The lowest BCUT2D eigenvalue weighted by Crippen LogP contribution is -2.46. The molecule has 2 aromatic carbocycles. The van der Waals surface area contributed by atoms with Gasteiger partial charge in [0.05, 0.1) is 5.56 Å². The highest BCUT2D eigenvalue weighted by Crippen LogP contribution is 2.44. The molecule has 0 aromatic heterocycles.